The van der Waals surface area contributed by atoms with Crippen LogP contribution in [-0.2, 0) is 0 Å². The van der Waals surface area contributed by atoms with Gasteiger partial charge in [-0.3, -0.25) is 19.4 Å². The van der Waals surface area contributed by atoms with Gasteiger partial charge in [0.1, 0.15) is 9.98 Å². The number of imide groups is 2. The highest BCUT2D eigenvalue weighted by Crippen LogP contribution is 2.17. The zero-order valence-electron chi connectivity index (χ0n) is 16.0. The van der Waals surface area contributed by atoms with E-state index in [1.54, 1.807) is 48.5 Å². The molecule has 1 aliphatic rings. The first-order valence-electron chi connectivity index (χ1n) is 9.27. The van der Waals surface area contributed by atoms with Crippen molar-refractivity contribution < 1.29 is 14.4 Å². The predicted molar refractivity (Wildman–Crippen MR) is 121 cm³/mol. The lowest BCUT2D eigenvalue weighted by atomic mass is 10.1. The SMILES string of the molecule is NC(=S)c1ccc(C(=O)N2CCCCN(C(=O)c3ccc(C(N)=S)cc3)C2=O)cc1. The highest BCUT2D eigenvalue weighted by atomic mass is 32.1. The number of benzene rings is 2. The molecule has 154 valence electrons. The van der Waals surface area contributed by atoms with Crippen molar-refractivity contribution in [2.24, 2.45) is 11.5 Å². The molecule has 7 nitrogen and oxygen atoms in total. The van der Waals surface area contributed by atoms with E-state index >= 15 is 0 Å². The maximum Gasteiger partial charge on any atom is 0.333 e. The number of nitrogens with zero attached hydrogens (tertiary/aromatic N) is 2. The topological polar surface area (TPSA) is 110 Å². The molecule has 4 N–H and O–H groups in total. The van der Waals surface area contributed by atoms with Crippen LogP contribution in [0.3, 0.4) is 0 Å². The van der Waals surface area contributed by atoms with Crippen LogP contribution in [0.25, 0.3) is 0 Å². The van der Waals surface area contributed by atoms with Gasteiger partial charge in [-0.1, -0.05) is 48.7 Å². The summed E-state index contributed by atoms with van der Waals surface area (Å²) in [6.45, 7) is 0.470. The molecule has 3 rings (SSSR count). The summed E-state index contributed by atoms with van der Waals surface area (Å²) in [5.41, 5.74) is 13.1. The molecule has 4 amide bonds. The first-order valence-corrected chi connectivity index (χ1v) is 10.1. The fraction of sp³-hybridized carbons (Fsp3) is 0.190. The molecular weight excluding hydrogens is 420 g/mol. The summed E-state index contributed by atoms with van der Waals surface area (Å²) in [5, 5.41) is 0. The van der Waals surface area contributed by atoms with E-state index in [1.807, 2.05) is 0 Å². The number of hydrogen-bond donors (Lipinski definition) is 2. The normalized spacial score (nSPS) is 14.2. The Hall–Kier alpha value is -3.17. The molecular formula is C21H20N4O3S2. The molecule has 0 atom stereocenters. The van der Waals surface area contributed by atoms with Crippen LogP contribution in [-0.4, -0.2) is 50.7 Å². The van der Waals surface area contributed by atoms with E-state index in [2.05, 4.69) is 0 Å². The molecule has 9 heteroatoms. The average molecular weight is 441 g/mol. The number of urea groups is 1. The fourth-order valence-corrected chi connectivity index (χ4v) is 3.39. The summed E-state index contributed by atoms with van der Waals surface area (Å²) < 4.78 is 0. The Morgan fingerprint density at radius 2 is 0.967 bits per heavy atom. The van der Waals surface area contributed by atoms with Gasteiger partial charge in [-0.2, -0.15) is 0 Å². The summed E-state index contributed by atoms with van der Waals surface area (Å²) in [5.74, 6) is -0.948. The molecule has 0 unspecified atom stereocenters. The van der Waals surface area contributed by atoms with Gasteiger partial charge in [0.25, 0.3) is 11.8 Å². The van der Waals surface area contributed by atoms with Crippen molar-refractivity contribution in [1.82, 2.24) is 9.80 Å². The molecule has 1 fully saturated rings. The molecule has 0 saturated carbocycles. The second-order valence-electron chi connectivity index (χ2n) is 6.79. The Morgan fingerprint density at radius 3 is 1.27 bits per heavy atom. The summed E-state index contributed by atoms with van der Waals surface area (Å²) in [4.78, 5) is 41.6. The molecule has 1 heterocycles. The number of hydrogen-bond acceptors (Lipinski definition) is 5. The van der Waals surface area contributed by atoms with Crippen LogP contribution >= 0.6 is 24.4 Å². The minimum absolute atomic E-state index is 0.220. The molecule has 1 aliphatic heterocycles. The Balaban J connectivity index is 1.82. The van der Waals surface area contributed by atoms with Gasteiger partial charge < -0.3 is 11.5 Å². The number of rotatable bonds is 4. The quantitative estimate of drug-likeness (QED) is 0.703. The molecule has 0 spiro atoms. The molecule has 0 bridgehead atoms. The standard InChI is InChI=1S/C21H20N4O3S2/c22-17(29)13-3-7-15(8-4-13)19(26)24-11-1-2-12-25(21(24)28)20(27)16-9-5-14(6-10-16)18(23)30/h3-10H,1-2,11-12H2,(H2,22,29)(H2,23,30). The molecule has 2 aromatic carbocycles. The maximum absolute atomic E-state index is 13.1. The van der Waals surface area contributed by atoms with Crippen molar-refractivity contribution in [3.8, 4) is 0 Å². The number of carbonyl (C=O) groups excluding carboxylic acids is 3. The van der Waals surface area contributed by atoms with Gasteiger partial charge in [0.15, 0.2) is 0 Å². The third-order valence-corrected chi connectivity index (χ3v) is 5.27. The van der Waals surface area contributed by atoms with Crippen LogP contribution in [0.2, 0.25) is 0 Å². The molecule has 2 aromatic rings. The van der Waals surface area contributed by atoms with Crippen molar-refractivity contribution in [1.29, 1.82) is 0 Å². The van der Waals surface area contributed by atoms with E-state index in [0.29, 0.717) is 35.1 Å². The van der Waals surface area contributed by atoms with Crippen LogP contribution in [0.15, 0.2) is 48.5 Å². The highest BCUT2D eigenvalue weighted by molar-refractivity contribution is 7.80. The first-order chi connectivity index (χ1) is 14.3. The van der Waals surface area contributed by atoms with Crippen LogP contribution in [0.1, 0.15) is 44.7 Å². The smallest absolute Gasteiger partial charge is 0.333 e. The van der Waals surface area contributed by atoms with E-state index in [-0.39, 0.29) is 23.1 Å². The summed E-state index contributed by atoms with van der Waals surface area (Å²) in [7, 11) is 0. The summed E-state index contributed by atoms with van der Waals surface area (Å²) in [6, 6.07) is 12.1. The Kier molecular flexibility index (Phi) is 6.53. The third kappa shape index (κ3) is 4.52. The Bertz CT molecular complexity index is 938. The van der Waals surface area contributed by atoms with Gasteiger partial charge >= 0.3 is 6.03 Å². The number of amides is 4. The lowest BCUT2D eigenvalue weighted by molar-refractivity contribution is 0.0711. The average Bonchev–Trinajstić information content (AvgIpc) is 2.94. The van der Waals surface area contributed by atoms with E-state index in [1.165, 1.54) is 0 Å². The van der Waals surface area contributed by atoms with Gasteiger partial charge in [0.2, 0.25) is 0 Å². The van der Waals surface area contributed by atoms with E-state index in [9.17, 15) is 14.4 Å². The minimum atomic E-state index is -0.639. The van der Waals surface area contributed by atoms with Crippen molar-refractivity contribution in [2.75, 3.05) is 13.1 Å². The Morgan fingerprint density at radius 1 is 0.667 bits per heavy atom. The van der Waals surface area contributed by atoms with Crippen LogP contribution in [0, 0.1) is 0 Å². The number of nitrogens with two attached hydrogens (primary N) is 2. The molecule has 0 aromatic heterocycles. The van der Waals surface area contributed by atoms with E-state index in [0.717, 1.165) is 9.80 Å². The monoisotopic (exact) mass is 440 g/mol. The highest BCUT2D eigenvalue weighted by Gasteiger charge is 2.33. The molecule has 30 heavy (non-hydrogen) atoms. The minimum Gasteiger partial charge on any atom is -0.389 e. The van der Waals surface area contributed by atoms with Gasteiger partial charge in [-0.15, -0.1) is 0 Å². The third-order valence-electron chi connectivity index (χ3n) is 4.80. The van der Waals surface area contributed by atoms with Gasteiger partial charge in [-0.25, -0.2) is 4.79 Å². The summed E-state index contributed by atoms with van der Waals surface area (Å²) >= 11 is 9.83. The lowest BCUT2D eigenvalue weighted by Crippen LogP contribution is -2.47. The zero-order valence-corrected chi connectivity index (χ0v) is 17.7. The number of carbonyl (C=O) groups is 3. The van der Waals surface area contributed by atoms with Crippen molar-refractivity contribution in [3.05, 3.63) is 70.8 Å². The number of thiocarbonyl (C=S) groups is 2. The van der Waals surface area contributed by atoms with Crippen LogP contribution in [0.4, 0.5) is 4.79 Å². The largest absolute Gasteiger partial charge is 0.389 e. The Labute approximate surface area is 184 Å². The zero-order chi connectivity index (χ0) is 21.8. The fourth-order valence-electron chi connectivity index (χ4n) is 3.12. The van der Waals surface area contributed by atoms with Crippen LogP contribution < -0.4 is 11.5 Å². The van der Waals surface area contributed by atoms with Crippen molar-refractivity contribution >= 4 is 52.3 Å². The second-order valence-corrected chi connectivity index (χ2v) is 7.67. The van der Waals surface area contributed by atoms with Gasteiger partial charge in [-0.05, 0) is 37.1 Å². The van der Waals surface area contributed by atoms with Crippen LogP contribution in [0.5, 0.6) is 0 Å². The molecule has 1 saturated heterocycles. The first kappa shape index (κ1) is 21.5. The van der Waals surface area contributed by atoms with E-state index in [4.69, 9.17) is 35.9 Å². The molecule has 0 aliphatic carbocycles. The van der Waals surface area contributed by atoms with Gasteiger partial charge in [0, 0.05) is 35.3 Å². The van der Waals surface area contributed by atoms with E-state index < -0.39 is 17.8 Å². The second kappa shape index (κ2) is 9.10. The van der Waals surface area contributed by atoms with Crippen molar-refractivity contribution in [2.45, 2.75) is 12.8 Å². The lowest BCUT2D eigenvalue weighted by Gasteiger charge is -2.25. The summed E-state index contributed by atoms with van der Waals surface area (Å²) in [6.07, 6.45) is 1.21. The maximum atomic E-state index is 13.1. The molecule has 0 radical (unpaired) electrons. The van der Waals surface area contributed by atoms with Gasteiger partial charge in [0.05, 0.1) is 0 Å². The predicted octanol–water partition coefficient (Wildman–Crippen LogP) is 2.45. The van der Waals surface area contributed by atoms with Crippen molar-refractivity contribution in [3.63, 3.8) is 0 Å².